The third kappa shape index (κ3) is 4.49. The first kappa shape index (κ1) is 19.9. The fraction of sp³-hybridized carbons (Fsp3) is 0.350. The molecule has 1 fully saturated rings. The molecule has 1 aliphatic heterocycles. The first-order valence-electron chi connectivity index (χ1n) is 8.95. The Bertz CT molecular complexity index is 848. The number of hydrogen-bond donors (Lipinski definition) is 0. The van der Waals surface area contributed by atoms with E-state index in [1.807, 2.05) is 0 Å². The van der Waals surface area contributed by atoms with Gasteiger partial charge in [-0.2, -0.15) is 13.2 Å². The minimum Gasteiger partial charge on any atom is -0.335 e. The third-order valence-corrected chi connectivity index (χ3v) is 4.95. The number of likely N-dealkylation sites (tertiary alicyclic amines) is 1. The summed E-state index contributed by atoms with van der Waals surface area (Å²) in [4.78, 5) is 24.7. The summed E-state index contributed by atoms with van der Waals surface area (Å²) >= 11 is 0. The predicted octanol–water partition coefficient (Wildman–Crippen LogP) is 4.91. The van der Waals surface area contributed by atoms with Gasteiger partial charge < -0.3 is 4.90 Å². The number of rotatable bonds is 4. The molecule has 1 heterocycles. The van der Waals surface area contributed by atoms with Gasteiger partial charge >= 0.3 is 6.18 Å². The van der Waals surface area contributed by atoms with Crippen molar-refractivity contribution >= 4 is 11.6 Å². The fourth-order valence-corrected chi connectivity index (χ4v) is 3.48. The van der Waals surface area contributed by atoms with E-state index in [0.29, 0.717) is 24.1 Å². The van der Waals surface area contributed by atoms with E-state index in [1.165, 1.54) is 24.3 Å². The van der Waals surface area contributed by atoms with Crippen LogP contribution in [0.25, 0.3) is 0 Å². The molecule has 1 saturated heterocycles. The highest BCUT2D eigenvalue weighted by atomic mass is 19.4. The number of carbonyl (C=O) groups excluding carboxylic acids is 1. The molecule has 0 spiro atoms. The summed E-state index contributed by atoms with van der Waals surface area (Å²) in [6.07, 6.45) is -1.88. The van der Waals surface area contributed by atoms with Crippen LogP contribution in [0, 0.1) is 10.1 Å². The molecule has 0 aromatic heterocycles. The second kappa shape index (κ2) is 8.00. The van der Waals surface area contributed by atoms with Crippen LogP contribution in [0.2, 0.25) is 0 Å². The van der Waals surface area contributed by atoms with Crippen molar-refractivity contribution in [2.45, 2.75) is 37.9 Å². The van der Waals surface area contributed by atoms with Gasteiger partial charge in [0.15, 0.2) is 0 Å². The first-order valence-corrected chi connectivity index (χ1v) is 8.95. The first-order chi connectivity index (χ1) is 13.3. The molecule has 1 atom stereocenters. The van der Waals surface area contributed by atoms with Crippen LogP contribution < -0.4 is 0 Å². The summed E-state index contributed by atoms with van der Waals surface area (Å²) in [6, 6.07) is 10.5. The topological polar surface area (TPSA) is 63.4 Å². The van der Waals surface area contributed by atoms with E-state index in [-0.39, 0.29) is 24.1 Å². The summed E-state index contributed by atoms with van der Waals surface area (Å²) in [5, 5.41) is 10.7. The molecule has 1 amide bonds. The molecular formula is C20H19F3N2O3. The second-order valence-corrected chi connectivity index (χ2v) is 6.82. The van der Waals surface area contributed by atoms with Gasteiger partial charge in [-0.25, -0.2) is 0 Å². The zero-order valence-electron chi connectivity index (χ0n) is 15.0. The molecule has 5 nitrogen and oxygen atoms in total. The lowest BCUT2D eigenvalue weighted by molar-refractivity contribution is -0.384. The highest BCUT2D eigenvalue weighted by Crippen LogP contribution is 2.34. The Morgan fingerprint density at radius 1 is 1.07 bits per heavy atom. The van der Waals surface area contributed by atoms with E-state index >= 15 is 0 Å². The maximum Gasteiger partial charge on any atom is 0.416 e. The van der Waals surface area contributed by atoms with Gasteiger partial charge in [0.05, 0.1) is 22.9 Å². The van der Waals surface area contributed by atoms with Crippen molar-refractivity contribution < 1.29 is 22.9 Å². The number of nitrogens with zero attached hydrogens (tertiary/aromatic N) is 2. The number of alkyl halides is 3. The van der Waals surface area contributed by atoms with Crippen molar-refractivity contribution in [2.75, 3.05) is 6.54 Å². The molecular weight excluding hydrogens is 373 g/mol. The molecule has 0 unspecified atom stereocenters. The summed E-state index contributed by atoms with van der Waals surface area (Å²) in [5.74, 6) is -0.140. The van der Waals surface area contributed by atoms with Gasteiger partial charge in [0.2, 0.25) is 5.91 Å². The maximum absolute atomic E-state index is 12.8. The fourth-order valence-electron chi connectivity index (χ4n) is 3.48. The molecule has 0 bridgehead atoms. The summed E-state index contributed by atoms with van der Waals surface area (Å²) in [7, 11) is 0. The number of non-ortho nitro benzene ring substituents is 1. The highest BCUT2D eigenvalue weighted by molar-refractivity contribution is 5.79. The predicted molar refractivity (Wildman–Crippen MR) is 96.5 cm³/mol. The number of halogens is 3. The maximum atomic E-state index is 12.8. The van der Waals surface area contributed by atoms with Crippen LogP contribution in [-0.2, 0) is 17.4 Å². The lowest BCUT2D eigenvalue weighted by Gasteiger charge is -2.36. The lowest BCUT2D eigenvalue weighted by atomic mass is 9.93. The number of piperidine rings is 1. The standard InChI is InChI=1S/C20H19F3N2O3/c21-20(22,23)16-8-6-15(7-9-16)18-3-1-2-12-24(18)19(26)13-14-4-10-17(11-5-14)25(27)28/h4-11,18H,1-3,12-13H2/t18-/m1/s1. The van der Waals surface area contributed by atoms with Crippen LogP contribution in [0.3, 0.4) is 0 Å². The lowest BCUT2D eigenvalue weighted by Crippen LogP contribution is -2.39. The number of amides is 1. The minimum absolute atomic E-state index is 0.0446. The Hall–Kier alpha value is -2.90. The number of hydrogen-bond acceptors (Lipinski definition) is 3. The number of nitro benzene ring substituents is 1. The minimum atomic E-state index is -4.39. The van der Waals surface area contributed by atoms with Crippen LogP contribution in [0.1, 0.15) is 42.0 Å². The Morgan fingerprint density at radius 2 is 1.71 bits per heavy atom. The molecule has 0 radical (unpaired) electrons. The normalized spacial score (nSPS) is 17.4. The van der Waals surface area contributed by atoms with Crippen molar-refractivity contribution in [2.24, 2.45) is 0 Å². The van der Waals surface area contributed by atoms with Gasteiger partial charge in [-0.3, -0.25) is 14.9 Å². The van der Waals surface area contributed by atoms with Crippen molar-refractivity contribution in [1.82, 2.24) is 4.90 Å². The largest absolute Gasteiger partial charge is 0.416 e. The molecule has 2 aromatic carbocycles. The third-order valence-electron chi connectivity index (χ3n) is 4.95. The Kier molecular flexibility index (Phi) is 5.67. The summed E-state index contributed by atoms with van der Waals surface area (Å²) in [6.45, 7) is 0.539. The van der Waals surface area contributed by atoms with Crippen molar-refractivity contribution in [3.05, 3.63) is 75.3 Å². The quantitative estimate of drug-likeness (QED) is 0.549. The van der Waals surface area contributed by atoms with Crippen LogP contribution in [0.15, 0.2) is 48.5 Å². The highest BCUT2D eigenvalue weighted by Gasteiger charge is 2.32. The molecule has 0 saturated carbocycles. The average molecular weight is 392 g/mol. The molecule has 0 aliphatic carbocycles. The number of carbonyl (C=O) groups is 1. The SMILES string of the molecule is O=C(Cc1ccc([N+](=O)[O-])cc1)N1CCCC[C@@H]1c1ccc(C(F)(F)F)cc1. The number of nitro groups is 1. The summed E-state index contributed by atoms with van der Waals surface area (Å²) < 4.78 is 38.3. The molecule has 8 heteroatoms. The van der Waals surface area contributed by atoms with Gasteiger partial charge in [-0.15, -0.1) is 0 Å². The van der Waals surface area contributed by atoms with E-state index in [0.717, 1.165) is 25.0 Å². The monoisotopic (exact) mass is 392 g/mol. The Labute approximate surface area is 159 Å². The molecule has 28 heavy (non-hydrogen) atoms. The van der Waals surface area contributed by atoms with E-state index < -0.39 is 16.7 Å². The van der Waals surface area contributed by atoms with E-state index in [2.05, 4.69) is 0 Å². The van der Waals surface area contributed by atoms with Crippen molar-refractivity contribution in [1.29, 1.82) is 0 Å². The van der Waals surface area contributed by atoms with E-state index in [4.69, 9.17) is 0 Å². The zero-order chi connectivity index (χ0) is 20.3. The molecule has 2 aromatic rings. The number of benzene rings is 2. The zero-order valence-corrected chi connectivity index (χ0v) is 15.0. The Morgan fingerprint density at radius 3 is 2.29 bits per heavy atom. The average Bonchev–Trinajstić information content (AvgIpc) is 2.68. The molecule has 3 rings (SSSR count). The van der Waals surface area contributed by atoms with E-state index in [9.17, 15) is 28.1 Å². The second-order valence-electron chi connectivity index (χ2n) is 6.82. The van der Waals surface area contributed by atoms with E-state index in [1.54, 1.807) is 17.0 Å². The molecule has 0 N–H and O–H groups in total. The smallest absolute Gasteiger partial charge is 0.335 e. The van der Waals surface area contributed by atoms with Gasteiger partial charge in [-0.1, -0.05) is 24.3 Å². The van der Waals surface area contributed by atoms with Crippen LogP contribution in [0.4, 0.5) is 18.9 Å². The summed E-state index contributed by atoms with van der Waals surface area (Å²) in [5.41, 5.74) is 0.588. The van der Waals surface area contributed by atoms with Crippen LogP contribution >= 0.6 is 0 Å². The Balaban J connectivity index is 1.75. The van der Waals surface area contributed by atoms with Crippen molar-refractivity contribution in [3.8, 4) is 0 Å². The van der Waals surface area contributed by atoms with Gasteiger partial charge in [0.1, 0.15) is 0 Å². The van der Waals surface area contributed by atoms with Gasteiger partial charge in [-0.05, 0) is 42.5 Å². The van der Waals surface area contributed by atoms with Gasteiger partial charge in [0, 0.05) is 18.7 Å². The van der Waals surface area contributed by atoms with Crippen LogP contribution in [0.5, 0.6) is 0 Å². The van der Waals surface area contributed by atoms with Crippen molar-refractivity contribution in [3.63, 3.8) is 0 Å². The van der Waals surface area contributed by atoms with Crippen LogP contribution in [-0.4, -0.2) is 22.3 Å². The molecule has 148 valence electrons. The molecule has 1 aliphatic rings. The van der Waals surface area contributed by atoms with Gasteiger partial charge in [0.25, 0.3) is 5.69 Å².